The minimum absolute atomic E-state index is 0.0501. The van der Waals surface area contributed by atoms with Crippen LogP contribution in [0.3, 0.4) is 0 Å². The van der Waals surface area contributed by atoms with Crippen LogP contribution in [0.25, 0.3) is 0 Å². The molecule has 3 N–H and O–H groups in total. The Morgan fingerprint density at radius 2 is 1.86 bits per heavy atom. The molecule has 0 spiro atoms. The Morgan fingerprint density at radius 3 is 2.55 bits per heavy atom. The largest absolute Gasteiger partial charge is 0.380 e. The predicted octanol–water partition coefficient (Wildman–Crippen LogP) is 2.19. The van der Waals surface area contributed by atoms with Gasteiger partial charge in [0.15, 0.2) is 0 Å². The molecular weight excluding hydrogens is 276 g/mol. The highest BCUT2D eigenvalue weighted by atomic mass is 16.5. The predicted molar refractivity (Wildman–Crippen MR) is 87.2 cm³/mol. The molecule has 0 aliphatic carbocycles. The molecule has 0 aromatic heterocycles. The molecule has 2 aromatic carbocycles. The topological polar surface area (TPSA) is 64.3 Å². The van der Waals surface area contributed by atoms with Crippen LogP contribution in [0.4, 0.5) is 0 Å². The van der Waals surface area contributed by atoms with Crippen molar-refractivity contribution in [2.24, 2.45) is 5.73 Å². The molecule has 116 valence electrons. The van der Waals surface area contributed by atoms with Crippen molar-refractivity contribution in [3.63, 3.8) is 0 Å². The smallest absolute Gasteiger partial charge is 0.229 e. The Kier molecular flexibility index (Phi) is 6.13. The Hall–Kier alpha value is -2.17. The maximum Gasteiger partial charge on any atom is 0.229 e. The molecule has 0 radical (unpaired) electrons. The van der Waals surface area contributed by atoms with E-state index in [0.29, 0.717) is 19.7 Å². The molecule has 0 saturated carbocycles. The van der Waals surface area contributed by atoms with E-state index in [-0.39, 0.29) is 11.8 Å². The summed E-state index contributed by atoms with van der Waals surface area (Å²) in [7, 11) is 1.67. The minimum atomic E-state index is -0.316. The van der Waals surface area contributed by atoms with Gasteiger partial charge in [-0.3, -0.25) is 4.79 Å². The average Bonchev–Trinajstić information content (AvgIpc) is 2.55. The van der Waals surface area contributed by atoms with E-state index in [1.807, 2.05) is 54.6 Å². The molecule has 0 heterocycles. The lowest BCUT2D eigenvalue weighted by molar-refractivity contribution is -0.122. The number of methoxy groups -OCH3 is 1. The molecule has 0 saturated heterocycles. The highest BCUT2D eigenvalue weighted by Gasteiger charge is 2.18. The van der Waals surface area contributed by atoms with Crippen molar-refractivity contribution in [2.75, 3.05) is 13.7 Å². The third-order valence-electron chi connectivity index (χ3n) is 3.52. The van der Waals surface area contributed by atoms with E-state index in [2.05, 4.69) is 5.32 Å². The van der Waals surface area contributed by atoms with Gasteiger partial charge in [-0.15, -0.1) is 0 Å². The lowest BCUT2D eigenvalue weighted by Gasteiger charge is -2.15. The minimum Gasteiger partial charge on any atom is -0.380 e. The first-order valence-corrected chi connectivity index (χ1v) is 7.34. The van der Waals surface area contributed by atoms with Crippen molar-refractivity contribution in [3.05, 3.63) is 71.3 Å². The van der Waals surface area contributed by atoms with Gasteiger partial charge in [-0.25, -0.2) is 0 Å². The van der Waals surface area contributed by atoms with Gasteiger partial charge in [0, 0.05) is 20.2 Å². The zero-order chi connectivity index (χ0) is 15.8. The van der Waals surface area contributed by atoms with Gasteiger partial charge in [0.05, 0.1) is 12.5 Å². The zero-order valence-corrected chi connectivity index (χ0v) is 12.8. The molecule has 2 aromatic rings. The van der Waals surface area contributed by atoms with E-state index in [0.717, 1.165) is 16.7 Å². The summed E-state index contributed by atoms with van der Waals surface area (Å²) >= 11 is 0. The molecule has 4 nitrogen and oxygen atoms in total. The first-order chi connectivity index (χ1) is 10.7. The van der Waals surface area contributed by atoms with Crippen molar-refractivity contribution in [2.45, 2.75) is 19.1 Å². The second-order valence-corrected chi connectivity index (χ2v) is 5.17. The molecule has 1 atom stereocenters. The van der Waals surface area contributed by atoms with E-state index in [4.69, 9.17) is 10.5 Å². The van der Waals surface area contributed by atoms with Crippen molar-refractivity contribution in [1.82, 2.24) is 5.32 Å². The van der Waals surface area contributed by atoms with Crippen LogP contribution in [0.15, 0.2) is 54.6 Å². The summed E-state index contributed by atoms with van der Waals surface area (Å²) in [5.41, 5.74) is 8.84. The number of benzene rings is 2. The maximum absolute atomic E-state index is 12.3. The summed E-state index contributed by atoms with van der Waals surface area (Å²) in [5, 5.41) is 2.96. The maximum atomic E-state index is 12.3. The normalized spacial score (nSPS) is 11.9. The Bertz CT molecular complexity index is 599. The van der Waals surface area contributed by atoms with Gasteiger partial charge in [0.1, 0.15) is 0 Å². The second-order valence-electron chi connectivity index (χ2n) is 5.17. The molecule has 22 heavy (non-hydrogen) atoms. The van der Waals surface area contributed by atoms with Crippen molar-refractivity contribution in [3.8, 4) is 0 Å². The van der Waals surface area contributed by atoms with Gasteiger partial charge >= 0.3 is 0 Å². The standard InChI is InChI=1S/C18H22N2O2/c1-22-13-15-7-5-6-14(10-15)12-20-18(21)17(11-19)16-8-3-2-4-9-16/h2-10,17H,11-13,19H2,1H3,(H,20,21). The number of hydrogen-bond acceptors (Lipinski definition) is 3. The average molecular weight is 298 g/mol. The zero-order valence-electron chi connectivity index (χ0n) is 12.8. The van der Waals surface area contributed by atoms with Crippen LogP contribution < -0.4 is 11.1 Å². The van der Waals surface area contributed by atoms with Crippen molar-refractivity contribution < 1.29 is 9.53 Å². The van der Waals surface area contributed by atoms with Gasteiger partial charge in [-0.1, -0.05) is 54.6 Å². The summed E-state index contributed by atoms with van der Waals surface area (Å²) in [5.74, 6) is -0.366. The van der Waals surface area contributed by atoms with Crippen LogP contribution in [0.5, 0.6) is 0 Å². The third kappa shape index (κ3) is 4.41. The Labute approximate surface area is 131 Å². The number of nitrogens with two attached hydrogens (primary N) is 1. The fourth-order valence-electron chi connectivity index (χ4n) is 2.39. The number of amides is 1. The quantitative estimate of drug-likeness (QED) is 0.823. The number of rotatable bonds is 7. The Morgan fingerprint density at radius 1 is 1.14 bits per heavy atom. The van der Waals surface area contributed by atoms with Gasteiger partial charge < -0.3 is 15.8 Å². The summed E-state index contributed by atoms with van der Waals surface area (Å²) in [6.07, 6.45) is 0. The van der Waals surface area contributed by atoms with Crippen LogP contribution in [-0.4, -0.2) is 19.6 Å². The van der Waals surface area contributed by atoms with E-state index >= 15 is 0 Å². The molecule has 0 aliphatic heterocycles. The third-order valence-corrected chi connectivity index (χ3v) is 3.52. The van der Waals surface area contributed by atoms with Gasteiger partial charge in [0.25, 0.3) is 0 Å². The lowest BCUT2D eigenvalue weighted by atomic mass is 9.98. The highest BCUT2D eigenvalue weighted by Crippen LogP contribution is 2.14. The fraction of sp³-hybridized carbons (Fsp3) is 0.278. The van der Waals surface area contributed by atoms with E-state index in [9.17, 15) is 4.79 Å². The highest BCUT2D eigenvalue weighted by molar-refractivity contribution is 5.83. The number of nitrogens with one attached hydrogen (secondary N) is 1. The summed E-state index contributed by atoms with van der Waals surface area (Å²) in [4.78, 5) is 12.3. The van der Waals surface area contributed by atoms with E-state index in [1.165, 1.54) is 0 Å². The summed E-state index contributed by atoms with van der Waals surface area (Å²) in [6, 6.07) is 17.6. The first-order valence-electron chi connectivity index (χ1n) is 7.34. The molecule has 1 unspecified atom stereocenters. The summed E-state index contributed by atoms with van der Waals surface area (Å²) in [6.45, 7) is 1.34. The summed E-state index contributed by atoms with van der Waals surface area (Å²) < 4.78 is 5.12. The number of hydrogen-bond donors (Lipinski definition) is 2. The van der Waals surface area contributed by atoms with E-state index < -0.39 is 0 Å². The van der Waals surface area contributed by atoms with E-state index in [1.54, 1.807) is 7.11 Å². The Balaban J connectivity index is 1.98. The van der Waals surface area contributed by atoms with Crippen molar-refractivity contribution >= 4 is 5.91 Å². The van der Waals surface area contributed by atoms with Gasteiger partial charge in [-0.05, 0) is 16.7 Å². The van der Waals surface area contributed by atoms with Crippen LogP contribution in [0.1, 0.15) is 22.6 Å². The molecule has 1 amide bonds. The number of ether oxygens (including phenoxy) is 1. The van der Waals surface area contributed by atoms with Crippen LogP contribution in [-0.2, 0) is 22.7 Å². The molecular formula is C18H22N2O2. The van der Waals surface area contributed by atoms with Crippen LogP contribution >= 0.6 is 0 Å². The monoisotopic (exact) mass is 298 g/mol. The molecule has 2 rings (SSSR count). The fourth-order valence-corrected chi connectivity index (χ4v) is 2.39. The molecule has 0 fully saturated rings. The van der Waals surface area contributed by atoms with Crippen LogP contribution in [0, 0.1) is 0 Å². The number of carbonyl (C=O) groups excluding carboxylic acids is 1. The van der Waals surface area contributed by atoms with Crippen molar-refractivity contribution in [1.29, 1.82) is 0 Å². The molecule has 4 heteroatoms. The SMILES string of the molecule is COCc1cccc(CNC(=O)C(CN)c2ccccc2)c1. The van der Waals surface area contributed by atoms with Crippen LogP contribution in [0.2, 0.25) is 0 Å². The lowest BCUT2D eigenvalue weighted by Crippen LogP contribution is -2.33. The first kappa shape index (κ1) is 16.2. The second kappa shape index (κ2) is 8.32. The van der Waals surface area contributed by atoms with Gasteiger partial charge in [0.2, 0.25) is 5.91 Å². The molecule has 0 aliphatic rings. The molecule has 0 bridgehead atoms. The number of carbonyl (C=O) groups is 1. The van der Waals surface area contributed by atoms with Gasteiger partial charge in [-0.2, -0.15) is 0 Å².